The van der Waals surface area contributed by atoms with Crippen molar-refractivity contribution in [3.63, 3.8) is 0 Å². The molecule has 2 heterocycles. The molecule has 0 spiro atoms. The van der Waals surface area contributed by atoms with Crippen molar-refractivity contribution in [2.75, 3.05) is 4.90 Å². The van der Waals surface area contributed by atoms with Gasteiger partial charge in [-0.05, 0) is 32.3 Å². The van der Waals surface area contributed by atoms with E-state index in [0.29, 0.717) is 6.61 Å². The number of hydrogen-bond donors (Lipinski definition) is 0. The highest BCUT2D eigenvalue weighted by atomic mass is 16.5. The number of benzene rings is 1. The van der Waals surface area contributed by atoms with E-state index in [1.807, 2.05) is 36.9 Å². The number of carbonyl (C=O) groups excluding carboxylic acids is 1. The first-order valence-electron chi connectivity index (χ1n) is 8.38. The van der Waals surface area contributed by atoms with E-state index in [1.165, 1.54) is 5.56 Å². The molecule has 124 valence electrons. The van der Waals surface area contributed by atoms with Crippen LogP contribution in [0.1, 0.15) is 37.9 Å². The highest BCUT2D eigenvalue weighted by molar-refractivity contribution is 6.06. The zero-order valence-corrected chi connectivity index (χ0v) is 14.0. The van der Waals surface area contributed by atoms with Crippen molar-refractivity contribution in [1.29, 1.82) is 0 Å². The number of carbonyl (C=O) groups is 1. The van der Waals surface area contributed by atoms with E-state index >= 15 is 0 Å². The number of hydrogen-bond acceptors (Lipinski definition) is 4. The number of rotatable bonds is 4. The van der Waals surface area contributed by atoms with E-state index in [0.717, 1.165) is 24.4 Å². The number of anilines is 1. The molecular formula is C19H21N3O2. The lowest BCUT2D eigenvalue weighted by Crippen LogP contribution is -2.52. The van der Waals surface area contributed by atoms with Gasteiger partial charge in [0.1, 0.15) is 0 Å². The molecule has 1 aliphatic heterocycles. The third-order valence-electron chi connectivity index (χ3n) is 5.02. The summed E-state index contributed by atoms with van der Waals surface area (Å²) in [6.07, 6.45) is 5.22. The minimum absolute atomic E-state index is 0.0928. The largest absolute Gasteiger partial charge is 0.373 e. The van der Waals surface area contributed by atoms with Crippen LogP contribution < -0.4 is 4.90 Å². The van der Waals surface area contributed by atoms with Crippen molar-refractivity contribution < 1.29 is 9.53 Å². The molecule has 5 heteroatoms. The molecule has 1 aliphatic carbocycles. The Morgan fingerprint density at radius 3 is 2.62 bits per heavy atom. The molecule has 5 nitrogen and oxygen atoms in total. The first kappa shape index (κ1) is 15.3. The average molecular weight is 323 g/mol. The van der Waals surface area contributed by atoms with Gasteiger partial charge in [0.2, 0.25) is 5.91 Å². The third kappa shape index (κ3) is 2.40. The zero-order valence-electron chi connectivity index (χ0n) is 14.0. The van der Waals surface area contributed by atoms with Crippen LogP contribution in [0.4, 0.5) is 5.82 Å². The fourth-order valence-electron chi connectivity index (χ4n) is 3.46. The zero-order chi connectivity index (χ0) is 16.7. The van der Waals surface area contributed by atoms with Gasteiger partial charge in [0.05, 0.1) is 23.8 Å². The number of nitrogens with zero attached hydrogens (tertiary/aromatic N) is 3. The Kier molecular flexibility index (Phi) is 3.61. The van der Waals surface area contributed by atoms with Gasteiger partial charge in [-0.25, -0.2) is 4.98 Å². The lowest BCUT2D eigenvalue weighted by atomic mass is 9.86. The molecule has 1 amide bonds. The maximum atomic E-state index is 12.8. The quantitative estimate of drug-likeness (QED) is 0.868. The summed E-state index contributed by atoms with van der Waals surface area (Å²) in [5.41, 5.74) is 1.36. The minimum Gasteiger partial charge on any atom is -0.373 e. The highest BCUT2D eigenvalue weighted by Crippen LogP contribution is 2.43. The summed E-state index contributed by atoms with van der Waals surface area (Å²) >= 11 is 0. The molecule has 2 aromatic rings. The molecule has 0 bridgehead atoms. The molecule has 4 rings (SSSR count). The Hall–Kier alpha value is -2.27. The molecule has 1 fully saturated rings. The predicted molar refractivity (Wildman–Crippen MR) is 90.6 cm³/mol. The molecule has 24 heavy (non-hydrogen) atoms. The number of fused-ring (bicyclic) bond motifs is 1. The van der Waals surface area contributed by atoms with E-state index in [2.05, 4.69) is 22.1 Å². The summed E-state index contributed by atoms with van der Waals surface area (Å²) in [4.78, 5) is 23.4. The van der Waals surface area contributed by atoms with Crippen molar-refractivity contribution in [2.45, 2.75) is 50.9 Å². The van der Waals surface area contributed by atoms with Crippen molar-refractivity contribution in [2.24, 2.45) is 0 Å². The van der Waals surface area contributed by atoms with Crippen LogP contribution in [0.15, 0.2) is 42.7 Å². The van der Waals surface area contributed by atoms with Crippen LogP contribution in [-0.4, -0.2) is 28.0 Å². The molecule has 0 unspecified atom stereocenters. The van der Waals surface area contributed by atoms with E-state index in [1.54, 1.807) is 12.4 Å². The predicted octanol–water partition coefficient (Wildman–Crippen LogP) is 2.85. The van der Waals surface area contributed by atoms with Crippen LogP contribution in [-0.2, 0) is 21.6 Å². The SMILES string of the molecule is CC1(C)C(=O)N([C@H]2C[C@@H](OCc3ccccc3)C2)c2nccnc21. The molecule has 0 saturated heterocycles. The second-order valence-corrected chi connectivity index (χ2v) is 7.07. The maximum Gasteiger partial charge on any atom is 0.240 e. The summed E-state index contributed by atoms with van der Waals surface area (Å²) in [6.45, 7) is 4.46. The summed E-state index contributed by atoms with van der Waals surface area (Å²) in [5, 5.41) is 0. The fourth-order valence-corrected chi connectivity index (χ4v) is 3.46. The van der Waals surface area contributed by atoms with Gasteiger partial charge in [-0.15, -0.1) is 0 Å². The van der Waals surface area contributed by atoms with Crippen LogP contribution >= 0.6 is 0 Å². The Labute approximate surface area is 141 Å². The molecule has 1 saturated carbocycles. The summed E-state index contributed by atoms with van der Waals surface area (Å²) in [6, 6.07) is 10.3. The van der Waals surface area contributed by atoms with Crippen LogP contribution in [0.5, 0.6) is 0 Å². The Bertz CT molecular complexity index is 754. The number of aromatic nitrogens is 2. The van der Waals surface area contributed by atoms with Crippen molar-refractivity contribution in [3.05, 3.63) is 54.0 Å². The van der Waals surface area contributed by atoms with Crippen LogP contribution in [0.2, 0.25) is 0 Å². The van der Waals surface area contributed by atoms with Crippen LogP contribution in [0, 0.1) is 0 Å². The molecule has 1 aromatic carbocycles. The van der Waals surface area contributed by atoms with Crippen LogP contribution in [0.3, 0.4) is 0 Å². The van der Waals surface area contributed by atoms with Crippen molar-refractivity contribution in [3.8, 4) is 0 Å². The fraction of sp³-hybridized carbons (Fsp3) is 0.421. The minimum atomic E-state index is -0.598. The molecule has 1 aromatic heterocycles. The molecule has 0 atom stereocenters. The standard InChI is InChI=1S/C19H21N3O2/c1-19(2)16-17(21-9-8-20-16)22(18(19)23)14-10-15(11-14)24-12-13-6-4-3-5-7-13/h3-9,14-15H,10-12H2,1-2H3/t14-,15+. The first-order valence-corrected chi connectivity index (χ1v) is 8.38. The Morgan fingerprint density at radius 1 is 1.17 bits per heavy atom. The second kappa shape index (κ2) is 5.67. The maximum absolute atomic E-state index is 12.8. The van der Waals surface area contributed by atoms with Crippen LogP contribution in [0.25, 0.3) is 0 Å². The molecule has 2 aliphatic rings. The van der Waals surface area contributed by atoms with Crippen molar-refractivity contribution >= 4 is 11.7 Å². The summed E-state index contributed by atoms with van der Waals surface area (Å²) in [5.74, 6) is 0.814. The molecular weight excluding hydrogens is 302 g/mol. The Balaban J connectivity index is 1.41. The summed E-state index contributed by atoms with van der Waals surface area (Å²) in [7, 11) is 0. The van der Waals surface area contributed by atoms with Gasteiger partial charge in [0, 0.05) is 18.4 Å². The average Bonchev–Trinajstić information content (AvgIpc) is 2.76. The Morgan fingerprint density at radius 2 is 1.88 bits per heavy atom. The number of amides is 1. The van der Waals surface area contributed by atoms with Gasteiger partial charge < -0.3 is 4.74 Å². The van der Waals surface area contributed by atoms with Gasteiger partial charge in [-0.2, -0.15) is 0 Å². The van der Waals surface area contributed by atoms with Gasteiger partial charge in [-0.3, -0.25) is 14.7 Å². The van der Waals surface area contributed by atoms with Gasteiger partial charge in [0.15, 0.2) is 5.82 Å². The smallest absolute Gasteiger partial charge is 0.240 e. The van der Waals surface area contributed by atoms with E-state index in [4.69, 9.17) is 4.74 Å². The summed E-state index contributed by atoms with van der Waals surface area (Å²) < 4.78 is 5.96. The second-order valence-electron chi connectivity index (χ2n) is 7.07. The highest BCUT2D eigenvalue weighted by Gasteiger charge is 2.51. The van der Waals surface area contributed by atoms with E-state index < -0.39 is 5.41 Å². The van der Waals surface area contributed by atoms with E-state index in [-0.39, 0.29) is 18.1 Å². The molecule has 0 radical (unpaired) electrons. The first-order chi connectivity index (χ1) is 11.6. The van der Waals surface area contributed by atoms with Gasteiger partial charge >= 0.3 is 0 Å². The normalized spacial score (nSPS) is 24.6. The lowest BCUT2D eigenvalue weighted by Gasteiger charge is -2.41. The van der Waals surface area contributed by atoms with Crippen molar-refractivity contribution in [1.82, 2.24) is 9.97 Å². The van der Waals surface area contributed by atoms with Gasteiger partial charge in [0.25, 0.3) is 0 Å². The number of ether oxygens (including phenoxy) is 1. The van der Waals surface area contributed by atoms with E-state index in [9.17, 15) is 4.79 Å². The lowest BCUT2D eigenvalue weighted by molar-refractivity contribution is -0.124. The third-order valence-corrected chi connectivity index (χ3v) is 5.02. The monoisotopic (exact) mass is 323 g/mol. The topological polar surface area (TPSA) is 55.3 Å². The molecule has 0 N–H and O–H groups in total. The van der Waals surface area contributed by atoms with Gasteiger partial charge in [-0.1, -0.05) is 30.3 Å².